The number of aliphatic hydroxyl groups excluding tert-OH is 1. The number of rotatable bonds is 17. The molecule has 1 heterocycles. The molecule has 0 bridgehead atoms. The van der Waals surface area contributed by atoms with E-state index in [9.17, 15) is 5.11 Å². The minimum atomic E-state index is 0.274. The van der Waals surface area contributed by atoms with Crippen LogP contribution in [0.1, 0.15) is 97.3 Å². The van der Waals surface area contributed by atoms with E-state index in [1.807, 2.05) is 0 Å². The number of amidine groups is 1. The highest BCUT2D eigenvalue weighted by molar-refractivity contribution is 5.76. The van der Waals surface area contributed by atoms with Crippen molar-refractivity contribution in [3.8, 4) is 0 Å². The molecule has 26 heavy (non-hydrogen) atoms. The summed E-state index contributed by atoms with van der Waals surface area (Å²) in [4.78, 5) is 4.74. The number of unbranched alkanes of at least 4 members (excludes halogenated alkanes) is 10. The van der Waals surface area contributed by atoms with Crippen LogP contribution < -0.4 is 0 Å². The van der Waals surface area contributed by atoms with Gasteiger partial charge in [0.1, 0.15) is 13.1 Å². The van der Waals surface area contributed by atoms with Gasteiger partial charge in [0.2, 0.25) is 0 Å². The SMILES string of the molecule is CCCCCCCCC/C=C/CCCCCC1=NCC[N+]1(CC)CCO. The summed E-state index contributed by atoms with van der Waals surface area (Å²) in [5.41, 5.74) is 0. The number of likely N-dealkylation sites (N-methyl/N-ethyl adjacent to an activating group) is 1. The third-order valence-corrected chi connectivity index (χ3v) is 5.92. The van der Waals surface area contributed by atoms with Gasteiger partial charge in [-0.3, -0.25) is 4.48 Å². The number of aliphatic imine (C=N–C) groups is 1. The first kappa shape index (κ1) is 23.4. The Morgan fingerprint density at radius 3 is 2.12 bits per heavy atom. The van der Waals surface area contributed by atoms with Crippen molar-refractivity contribution in [3.05, 3.63) is 12.2 Å². The maximum atomic E-state index is 9.36. The smallest absolute Gasteiger partial charge is 0.198 e. The molecule has 0 aliphatic carbocycles. The zero-order valence-corrected chi connectivity index (χ0v) is 17.7. The molecular formula is C23H45N2O+. The van der Waals surface area contributed by atoms with Crippen molar-refractivity contribution in [2.24, 2.45) is 4.99 Å². The summed E-state index contributed by atoms with van der Waals surface area (Å²) in [5.74, 6) is 1.34. The molecule has 0 saturated carbocycles. The van der Waals surface area contributed by atoms with Crippen molar-refractivity contribution in [3.63, 3.8) is 0 Å². The second kappa shape index (κ2) is 15.4. The highest BCUT2D eigenvalue weighted by Gasteiger charge is 2.35. The average molecular weight is 366 g/mol. The molecule has 1 rings (SSSR count). The fraction of sp³-hybridized carbons (Fsp3) is 0.870. The van der Waals surface area contributed by atoms with Gasteiger partial charge in [0.05, 0.1) is 19.7 Å². The van der Waals surface area contributed by atoms with Crippen molar-refractivity contribution < 1.29 is 9.59 Å². The molecule has 0 aromatic carbocycles. The molecule has 152 valence electrons. The zero-order chi connectivity index (χ0) is 18.9. The number of allylic oxidation sites excluding steroid dienone is 2. The molecule has 0 saturated heterocycles. The Bertz CT molecular complexity index is 392. The van der Waals surface area contributed by atoms with Gasteiger partial charge in [0, 0.05) is 6.42 Å². The van der Waals surface area contributed by atoms with Crippen LogP contribution in [0.2, 0.25) is 0 Å². The summed E-state index contributed by atoms with van der Waals surface area (Å²) < 4.78 is 0.939. The van der Waals surface area contributed by atoms with Gasteiger partial charge in [-0.1, -0.05) is 64.0 Å². The van der Waals surface area contributed by atoms with E-state index in [1.165, 1.54) is 82.9 Å². The van der Waals surface area contributed by atoms with Gasteiger partial charge >= 0.3 is 0 Å². The van der Waals surface area contributed by atoms with Crippen molar-refractivity contribution in [2.75, 3.05) is 32.8 Å². The number of hydrogen-bond donors (Lipinski definition) is 1. The predicted molar refractivity (Wildman–Crippen MR) is 115 cm³/mol. The second-order valence-electron chi connectivity index (χ2n) is 7.91. The molecule has 1 N–H and O–H groups in total. The Balaban J connectivity index is 1.97. The third kappa shape index (κ3) is 9.32. The van der Waals surface area contributed by atoms with Crippen LogP contribution in [0.25, 0.3) is 0 Å². The monoisotopic (exact) mass is 365 g/mol. The van der Waals surface area contributed by atoms with E-state index in [-0.39, 0.29) is 6.61 Å². The standard InChI is InChI=1S/C23H45N2O/c1-3-5-6-7-8-9-10-11-12-13-14-15-16-17-18-23-24-19-20-25(23,4-2)21-22-26/h12-13,26H,3-11,14-22H2,1-2H3/q+1/b13-12+. The van der Waals surface area contributed by atoms with Gasteiger partial charge in [-0.25, -0.2) is 4.99 Å². The molecule has 1 aliphatic heterocycles. The van der Waals surface area contributed by atoms with Gasteiger partial charge in [0.15, 0.2) is 5.84 Å². The third-order valence-electron chi connectivity index (χ3n) is 5.92. The van der Waals surface area contributed by atoms with Crippen LogP contribution in [0.4, 0.5) is 0 Å². The Kier molecular flexibility index (Phi) is 13.8. The van der Waals surface area contributed by atoms with Crippen LogP contribution in [0.15, 0.2) is 17.1 Å². The lowest BCUT2D eigenvalue weighted by atomic mass is 10.1. The number of aliphatic hydroxyl groups is 1. The lowest BCUT2D eigenvalue weighted by Gasteiger charge is -2.33. The first-order chi connectivity index (χ1) is 12.8. The lowest BCUT2D eigenvalue weighted by Crippen LogP contribution is -2.52. The maximum Gasteiger partial charge on any atom is 0.198 e. The van der Waals surface area contributed by atoms with E-state index in [4.69, 9.17) is 4.99 Å². The molecule has 0 radical (unpaired) electrons. The summed E-state index contributed by atoms with van der Waals surface area (Å²) >= 11 is 0. The minimum Gasteiger partial charge on any atom is -0.390 e. The highest BCUT2D eigenvalue weighted by Crippen LogP contribution is 2.19. The average Bonchev–Trinajstić information content (AvgIpc) is 3.05. The van der Waals surface area contributed by atoms with Crippen molar-refractivity contribution in [1.29, 1.82) is 0 Å². The van der Waals surface area contributed by atoms with Crippen LogP contribution in [0.3, 0.4) is 0 Å². The van der Waals surface area contributed by atoms with Crippen molar-refractivity contribution in [2.45, 2.75) is 97.3 Å². The Morgan fingerprint density at radius 2 is 1.50 bits per heavy atom. The Morgan fingerprint density at radius 1 is 0.885 bits per heavy atom. The van der Waals surface area contributed by atoms with E-state index in [1.54, 1.807) is 0 Å². The normalized spacial score (nSPS) is 20.2. The fourth-order valence-corrected chi connectivity index (χ4v) is 4.07. The fourth-order valence-electron chi connectivity index (χ4n) is 4.07. The maximum absolute atomic E-state index is 9.36. The van der Waals surface area contributed by atoms with E-state index in [0.29, 0.717) is 0 Å². The first-order valence-corrected chi connectivity index (χ1v) is 11.4. The number of hydrogen-bond acceptors (Lipinski definition) is 2. The summed E-state index contributed by atoms with van der Waals surface area (Å²) in [6.45, 7) is 8.74. The van der Waals surface area contributed by atoms with E-state index >= 15 is 0 Å². The molecule has 0 aromatic heterocycles. The van der Waals surface area contributed by atoms with E-state index in [0.717, 1.165) is 37.1 Å². The first-order valence-electron chi connectivity index (χ1n) is 11.4. The molecule has 3 nitrogen and oxygen atoms in total. The quantitative estimate of drug-likeness (QED) is 0.195. The number of nitrogens with zero attached hydrogens (tertiary/aromatic N) is 2. The van der Waals surface area contributed by atoms with Crippen molar-refractivity contribution >= 4 is 5.84 Å². The zero-order valence-electron chi connectivity index (χ0n) is 17.7. The van der Waals surface area contributed by atoms with Gasteiger partial charge in [-0.2, -0.15) is 0 Å². The van der Waals surface area contributed by atoms with Crippen LogP contribution in [-0.2, 0) is 0 Å². The molecule has 1 atom stereocenters. The molecular weight excluding hydrogens is 320 g/mol. The molecule has 0 aromatic rings. The predicted octanol–water partition coefficient (Wildman–Crippen LogP) is 5.87. The van der Waals surface area contributed by atoms with Crippen molar-refractivity contribution in [1.82, 2.24) is 0 Å². The summed E-state index contributed by atoms with van der Waals surface area (Å²) in [6.07, 6.45) is 22.0. The van der Waals surface area contributed by atoms with Gasteiger partial charge < -0.3 is 5.11 Å². The summed E-state index contributed by atoms with van der Waals surface area (Å²) in [7, 11) is 0. The molecule has 0 spiro atoms. The van der Waals surface area contributed by atoms with Gasteiger partial charge in [0.25, 0.3) is 0 Å². The highest BCUT2D eigenvalue weighted by atomic mass is 16.3. The summed E-state index contributed by atoms with van der Waals surface area (Å²) in [6, 6.07) is 0. The topological polar surface area (TPSA) is 32.6 Å². The van der Waals surface area contributed by atoms with E-state index < -0.39 is 0 Å². The molecule has 0 fully saturated rings. The molecule has 0 amide bonds. The molecule has 1 aliphatic rings. The lowest BCUT2D eigenvalue weighted by molar-refractivity contribution is -0.835. The van der Waals surface area contributed by atoms with Crippen LogP contribution >= 0.6 is 0 Å². The summed E-state index contributed by atoms with van der Waals surface area (Å²) in [5, 5.41) is 9.36. The minimum absolute atomic E-state index is 0.274. The van der Waals surface area contributed by atoms with Gasteiger partial charge in [-0.15, -0.1) is 0 Å². The van der Waals surface area contributed by atoms with Crippen LogP contribution in [0.5, 0.6) is 0 Å². The Hall–Kier alpha value is -0.670. The second-order valence-corrected chi connectivity index (χ2v) is 7.91. The molecule has 1 unspecified atom stereocenters. The van der Waals surface area contributed by atoms with Crippen LogP contribution in [0, 0.1) is 0 Å². The number of quaternary nitrogens is 1. The van der Waals surface area contributed by atoms with E-state index in [2.05, 4.69) is 26.0 Å². The largest absolute Gasteiger partial charge is 0.390 e. The van der Waals surface area contributed by atoms with Gasteiger partial charge in [-0.05, 0) is 39.0 Å². The van der Waals surface area contributed by atoms with Crippen LogP contribution in [-0.4, -0.2) is 48.2 Å². The Labute approximate surface area is 163 Å². The molecule has 3 heteroatoms.